The number of benzene rings is 3. The molecule has 3 aromatic carbocycles. The molecule has 1 aromatic heterocycles. The molecule has 0 spiro atoms. The van der Waals surface area contributed by atoms with Gasteiger partial charge in [-0.15, -0.1) is 0 Å². The van der Waals surface area contributed by atoms with Crippen LogP contribution in [0.3, 0.4) is 0 Å². The van der Waals surface area contributed by atoms with Crippen LogP contribution < -0.4 is 25.1 Å². The van der Waals surface area contributed by atoms with Gasteiger partial charge < -0.3 is 24.4 Å². The molecule has 1 fully saturated rings. The van der Waals surface area contributed by atoms with Gasteiger partial charge in [0.25, 0.3) is 0 Å². The molecule has 4 aromatic rings. The zero-order valence-electron chi connectivity index (χ0n) is 24.7. The topological polar surface area (TPSA) is 106 Å². The molecule has 0 saturated carbocycles. The predicted octanol–water partition coefficient (Wildman–Crippen LogP) is 8.00. The number of rotatable bonds is 9. The Morgan fingerprint density at radius 2 is 1.62 bits per heavy atom. The smallest absolute Gasteiger partial charge is 0.422 e. The van der Waals surface area contributed by atoms with Gasteiger partial charge in [0.1, 0.15) is 5.56 Å². The molecule has 1 aliphatic rings. The fraction of sp³-hybridized carbons (Fsp3) is 0.241. The Hall–Kier alpha value is -4.42. The number of nitrogens with one attached hydrogen (secondary N) is 2. The van der Waals surface area contributed by atoms with Gasteiger partial charge in [-0.05, 0) is 64.3 Å². The van der Waals surface area contributed by atoms with Crippen LogP contribution in [-0.2, 0) is 10.9 Å². The van der Waals surface area contributed by atoms with Gasteiger partial charge in [-0.2, -0.15) is 42.0 Å². The number of nitrogens with zero attached hydrogens (tertiary/aromatic N) is 5. The van der Waals surface area contributed by atoms with E-state index in [1.54, 1.807) is 6.07 Å². The maximum atomic E-state index is 14.4. The fourth-order valence-corrected chi connectivity index (χ4v) is 5.03. The van der Waals surface area contributed by atoms with Crippen molar-refractivity contribution in [1.29, 1.82) is 0 Å². The van der Waals surface area contributed by atoms with Gasteiger partial charge >= 0.3 is 6.18 Å². The van der Waals surface area contributed by atoms with Gasteiger partial charge in [-0.3, -0.25) is 0 Å². The number of halogens is 9. The fourth-order valence-electron chi connectivity index (χ4n) is 4.31. The van der Waals surface area contributed by atoms with E-state index < -0.39 is 46.5 Å². The summed E-state index contributed by atoms with van der Waals surface area (Å²) in [6.07, 6.45) is -4.41. The standard InChI is InChI=1S/C29H22BrClF7N7O3/c1-13-9-15(30)17(11-16(13)31)40-26-41-27(43-28(42-26)45-5-7-47-8-6-45)44-39-12-14-3-4-18(19(10-14)46-2)48-25-23(34)21(32)20(29(36,37)38)22(33)24(25)35/h3-4,9-12H,5-8H2,1-2H3,(H2,40,41,42,43,44). The normalized spacial score (nSPS) is 13.6. The molecule has 5 rings (SSSR count). The van der Waals surface area contributed by atoms with Gasteiger partial charge in [0, 0.05) is 22.6 Å². The Kier molecular flexibility index (Phi) is 10.4. The second-order valence-corrected chi connectivity index (χ2v) is 11.2. The molecule has 0 unspecified atom stereocenters. The van der Waals surface area contributed by atoms with E-state index in [4.69, 9.17) is 25.8 Å². The highest BCUT2D eigenvalue weighted by Crippen LogP contribution is 2.42. The lowest BCUT2D eigenvalue weighted by atomic mass is 10.1. The van der Waals surface area contributed by atoms with Crippen molar-refractivity contribution in [1.82, 2.24) is 15.0 Å². The number of morpholine rings is 1. The number of hydrogen-bond donors (Lipinski definition) is 2. The van der Waals surface area contributed by atoms with Crippen molar-refractivity contribution in [3.05, 3.63) is 79.8 Å². The Morgan fingerprint density at radius 1 is 0.958 bits per heavy atom. The molecular formula is C29H22BrClF7N7O3. The van der Waals surface area contributed by atoms with E-state index in [0.717, 1.165) is 18.7 Å². The predicted molar refractivity (Wildman–Crippen MR) is 166 cm³/mol. The lowest BCUT2D eigenvalue weighted by Crippen LogP contribution is -2.37. The highest BCUT2D eigenvalue weighted by atomic mass is 79.9. The van der Waals surface area contributed by atoms with Gasteiger partial charge in [-0.25, -0.2) is 14.2 Å². The van der Waals surface area contributed by atoms with Gasteiger partial charge in [0.15, 0.2) is 23.1 Å². The molecule has 0 amide bonds. The quantitative estimate of drug-likeness (QED) is 0.0760. The molecule has 10 nitrogen and oxygen atoms in total. The average molecular weight is 765 g/mol. The number of hydrogen-bond acceptors (Lipinski definition) is 10. The van der Waals surface area contributed by atoms with E-state index >= 15 is 0 Å². The minimum absolute atomic E-state index is 0.0452. The summed E-state index contributed by atoms with van der Waals surface area (Å²) in [4.78, 5) is 15.2. The number of anilines is 4. The summed E-state index contributed by atoms with van der Waals surface area (Å²) < 4.78 is 112. The van der Waals surface area contributed by atoms with E-state index in [1.807, 2.05) is 17.9 Å². The minimum atomic E-state index is -5.70. The van der Waals surface area contributed by atoms with Crippen LogP contribution in [0.5, 0.6) is 17.2 Å². The zero-order valence-corrected chi connectivity index (χ0v) is 27.0. The summed E-state index contributed by atoms with van der Waals surface area (Å²) in [5.74, 6) is -11.9. The van der Waals surface area contributed by atoms with Crippen LogP contribution in [0, 0.1) is 30.2 Å². The van der Waals surface area contributed by atoms with Gasteiger partial charge in [0.2, 0.25) is 35.2 Å². The van der Waals surface area contributed by atoms with Crippen molar-refractivity contribution >= 4 is 57.3 Å². The van der Waals surface area contributed by atoms with Crippen LogP contribution in [0.25, 0.3) is 0 Å². The van der Waals surface area contributed by atoms with Crippen LogP contribution in [-0.4, -0.2) is 54.6 Å². The van der Waals surface area contributed by atoms with E-state index in [2.05, 4.69) is 46.7 Å². The summed E-state index contributed by atoms with van der Waals surface area (Å²) in [6.45, 7) is 3.85. The average Bonchev–Trinajstić information content (AvgIpc) is 3.05. The first kappa shape index (κ1) is 34.9. The molecule has 2 heterocycles. The lowest BCUT2D eigenvalue weighted by molar-refractivity contribution is -0.143. The van der Waals surface area contributed by atoms with Gasteiger partial charge in [-0.1, -0.05) is 11.6 Å². The van der Waals surface area contributed by atoms with Crippen molar-refractivity contribution in [2.24, 2.45) is 5.10 Å². The molecule has 0 bridgehead atoms. The monoisotopic (exact) mass is 763 g/mol. The van der Waals surface area contributed by atoms with E-state index in [9.17, 15) is 30.7 Å². The Labute approximate surface area is 281 Å². The van der Waals surface area contributed by atoms with Crippen LogP contribution in [0.2, 0.25) is 5.02 Å². The number of methoxy groups -OCH3 is 1. The number of aromatic nitrogens is 3. The molecule has 0 aliphatic carbocycles. The molecule has 48 heavy (non-hydrogen) atoms. The molecule has 2 N–H and O–H groups in total. The molecule has 254 valence electrons. The van der Waals surface area contributed by atoms with Crippen LogP contribution in [0.15, 0.2) is 39.9 Å². The molecule has 1 aliphatic heterocycles. The van der Waals surface area contributed by atoms with Crippen molar-refractivity contribution in [3.8, 4) is 17.2 Å². The highest BCUT2D eigenvalue weighted by molar-refractivity contribution is 9.10. The first-order chi connectivity index (χ1) is 22.8. The van der Waals surface area contributed by atoms with Crippen molar-refractivity contribution in [2.45, 2.75) is 13.1 Å². The molecular weight excluding hydrogens is 743 g/mol. The number of alkyl halides is 3. The van der Waals surface area contributed by atoms with Crippen molar-refractivity contribution in [2.75, 3.05) is 49.1 Å². The Balaban J connectivity index is 1.38. The second-order valence-electron chi connectivity index (χ2n) is 9.93. The highest BCUT2D eigenvalue weighted by Gasteiger charge is 2.43. The zero-order chi connectivity index (χ0) is 34.7. The van der Waals surface area contributed by atoms with Crippen molar-refractivity contribution in [3.63, 3.8) is 0 Å². The summed E-state index contributed by atoms with van der Waals surface area (Å²) >= 11 is 9.79. The SMILES string of the molecule is COc1cc(C=NNc2nc(Nc3cc(Cl)c(C)cc3Br)nc(N3CCOCC3)n2)ccc1Oc1c(F)c(F)c(C(F)(F)F)c(F)c1F. The molecule has 0 atom stereocenters. The summed E-state index contributed by atoms with van der Waals surface area (Å²) in [6, 6.07) is 7.21. The molecule has 19 heteroatoms. The minimum Gasteiger partial charge on any atom is -0.493 e. The van der Waals surface area contributed by atoms with E-state index in [0.29, 0.717) is 53.0 Å². The van der Waals surface area contributed by atoms with E-state index in [-0.39, 0.29) is 17.6 Å². The molecule has 1 saturated heterocycles. The summed E-state index contributed by atoms with van der Waals surface area (Å²) in [5.41, 5.74) is 1.74. The maximum Gasteiger partial charge on any atom is 0.422 e. The summed E-state index contributed by atoms with van der Waals surface area (Å²) in [5, 5.41) is 7.74. The van der Waals surface area contributed by atoms with Crippen LogP contribution in [0.4, 0.5) is 54.3 Å². The third kappa shape index (κ3) is 7.65. The van der Waals surface area contributed by atoms with Crippen molar-refractivity contribution < 1.29 is 44.9 Å². The first-order valence-corrected chi connectivity index (χ1v) is 14.8. The Morgan fingerprint density at radius 3 is 2.27 bits per heavy atom. The largest absolute Gasteiger partial charge is 0.493 e. The second kappa shape index (κ2) is 14.4. The maximum absolute atomic E-state index is 14.4. The molecule has 0 radical (unpaired) electrons. The van der Waals surface area contributed by atoms with E-state index in [1.165, 1.54) is 18.3 Å². The number of hydrazone groups is 1. The first-order valence-electron chi connectivity index (χ1n) is 13.7. The number of aryl methyl sites for hydroxylation is 1. The third-order valence-electron chi connectivity index (χ3n) is 6.70. The third-order valence-corrected chi connectivity index (χ3v) is 7.76. The lowest BCUT2D eigenvalue weighted by Gasteiger charge is -2.27. The van der Waals surface area contributed by atoms with Crippen LogP contribution >= 0.6 is 27.5 Å². The van der Waals surface area contributed by atoms with Crippen LogP contribution in [0.1, 0.15) is 16.7 Å². The number of ether oxygens (including phenoxy) is 3. The summed E-state index contributed by atoms with van der Waals surface area (Å²) in [7, 11) is 1.15. The Bertz CT molecular complexity index is 1850. The van der Waals surface area contributed by atoms with Gasteiger partial charge in [0.05, 0.1) is 32.2 Å².